The van der Waals surface area contributed by atoms with Crippen molar-refractivity contribution in [1.29, 1.82) is 0 Å². The molecule has 0 aliphatic heterocycles. The van der Waals surface area contributed by atoms with Gasteiger partial charge >= 0.3 is 0 Å². The molecule has 0 fully saturated rings. The highest BCUT2D eigenvalue weighted by molar-refractivity contribution is 9.10. The first-order valence-corrected chi connectivity index (χ1v) is 11.7. The van der Waals surface area contributed by atoms with Gasteiger partial charge in [0.25, 0.3) is 5.91 Å². The highest BCUT2D eigenvalue weighted by atomic mass is 79.9. The molecule has 5 rings (SSSR count). The van der Waals surface area contributed by atoms with E-state index in [1.165, 1.54) is 11.3 Å². The molecule has 5 aromatic rings. The van der Waals surface area contributed by atoms with Crippen molar-refractivity contribution in [2.24, 2.45) is 0 Å². The van der Waals surface area contributed by atoms with Crippen molar-refractivity contribution in [2.75, 3.05) is 5.32 Å². The van der Waals surface area contributed by atoms with Gasteiger partial charge in [0.1, 0.15) is 5.52 Å². The zero-order chi connectivity index (χ0) is 22.1. The summed E-state index contributed by atoms with van der Waals surface area (Å²) in [5.41, 5.74) is 3.10. The third-order valence-electron chi connectivity index (χ3n) is 4.94. The van der Waals surface area contributed by atoms with Gasteiger partial charge in [0.15, 0.2) is 10.9 Å². The molecule has 8 heteroatoms. The summed E-state index contributed by atoms with van der Waals surface area (Å²) in [6.07, 6.45) is 2.43. The first kappa shape index (κ1) is 20.9. The Morgan fingerprint density at radius 3 is 2.72 bits per heavy atom. The Balaban J connectivity index is 1.36. The smallest absolute Gasteiger partial charge is 0.257 e. The van der Waals surface area contributed by atoms with Crippen molar-refractivity contribution >= 4 is 60.8 Å². The first-order chi connectivity index (χ1) is 15.6. The minimum Gasteiger partial charge on any atom is -0.355 e. The maximum Gasteiger partial charge on any atom is 0.257 e. The molecule has 0 atom stereocenters. The van der Waals surface area contributed by atoms with Crippen molar-refractivity contribution in [2.45, 2.75) is 6.42 Å². The van der Waals surface area contributed by atoms with Crippen molar-refractivity contribution in [3.8, 4) is 11.3 Å². The van der Waals surface area contributed by atoms with Crippen LogP contribution < -0.4 is 5.32 Å². The molecule has 0 bridgehead atoms. The number of amides is 1. The Kier molecular flexibility index (Phi) is 5.78. The van der Waals surface area contributed by atoms with Crippen LogP contribution in [0.5, 0.6) is 0 Å². The third kappa shape index (κ3) is 4.32. The molecule has 1 N–H and O–H groups in total. The molecule has 1 amide bonds. The van der Waals surface area contributed by atoms with Gasteiger partial charge in [-0.3, -0.25) is 10.1 Å². The first-order valence-electron chi connectivity index (χ1n) is 9.71. The highest BCUT2D eigenvalue weighted by Gasteiger charge is 2.15. The fourth-order valence-electron chi connectivity index (χ4n) is 3.34. The monoisotopic (exact) mass is 523 g/mol. The van der Waals surface area contributed by atoms with Crippen molar-refractivity contribution in [3.05, 3.63) is 98.4 Å². The Morgan fingerprint density at radius 1 is 1.09 bits per heavy atom. The summed E-state index contributed by atoms with van der Waals surface area (Å²) in [5, 5.41) is 9.03. The molecule has 0 saturated carbocycles. The number of benzene rings is 3. The largest absolute Gasteiger partial charge is 0.355 e. The number of halogens is 2. The fraction of sp³-hybridized carbons (Fsp3) is 0.0417. The normalized spacial score (nSPS) is 11.1. The van der Waals surface area contributed by atoms with Crippen LogP contribution in [0.1, 0.15) is 20.8 Å². The number of carbonyl (C=O) groups is 1. The molecule has 0 radical (unpaired) electrons. The SMILES string of the molecule is O=C(Nc1ncc(Cc2ccccc2Cl)s1)c1ccc2noc(-c3ccc(Br)cc3)c2c1. The molecule has 158 valence electrons. The average Bonchev–Trinajstić information content (AvgIpc) is 3.42. The van der Waals surface area contributed by atoms with Gasteiger partial charge in [-0.25, -0.2) is 4.98 Å². The molecular weight excluding hydrogens is 510 g/mol. The summed E-state index contributed by atoms with van der Waals surface area (Å²) in [6, 6.07) is 20.7. The minimum atomic E-state index is -0.242. The van der Waals surface area contributed by atoms with Crippen LogP contribution in [0.25, 0.3) is 22.2 Å². The Morgan fingerprint density at radius 2 is 1.91 bits per heavy atom. The Hall–Kier alpha value is -3.00. The second-order valence-corrected chi connectivity index (χ2v) is 9.54. The highest BCUT2D eigenvalue weighted by Crippen LogP contribution is 2.31. The minimum absolute atomic E-state index is 0.242. The van der Waals surface area contributed by atoms with Crippen LogP contribution in [0, 0.1) is 0 Å². The molecule has 32 heavy (non-hydrogen) atoms. The molecule has 2 aromatic heterocycles. The van der Waals surface area contributed by atoms with Crippen LogP contribution in [0.3, 0.4) is 0 Å². The van der Waals surface area contributed by atoms with Gasteiger partial charge in [0.2, 0.25) is 0 Å². The summed E-state index contributed by atoms with van der Waals surface area (Å²) in [4.78, 5) is 18.2. The lowest BCUT2D eigenvalue weighted by Gasteiger charge is -2.03. The molecule has 0 saturated heterocycles. The number of aromatic nitrogens is 2. The van der Waals surface area contributed by atoms with Crippen LogP contribution >= 0.6 is 38.9 Å². The number of anilines is 1. The fourth-order valence-corrected chi connectivity index (χ4v) is 4.64. The number of carbonyl (C=O) groups excluding carboxylic acids is 1. The lowest BCUT2D eigenvalue weighted by Crippen LogP contribution is -2.11. The van der Waals surface area contributed by atoms with Gasteiger partial charge in [0.05, 0.1) is 5.39 Å². The molecular formula is C24H15BrClN3O2S. The van der Waals surface area contributed by atoms with Crippen LogP contribution in [-0.2, 0) is 6.42 Å². The van der Waals surface area contributed by atoms with E-state index in [4.69, 9.17) is 16.1 Å². The van der Waals surface area contributed by atoms with E-state index in [1.807, 2.05) is 48.5 Å². The maximum atomic E-state index is 12.9. The lowest BCUT2D eigenvalue weighted by atomic mass is 10.1. The maximum absolute atomic E-state index is 12.9. The summed E-state index contributed by atoms with van der Waals surface area (Å²) >= 11 is 11.1. The van der Waals surface area contributed by atoms with E-state index in [0.29, 0.717) is 28.4 Å². The predicted octanol–water partition coefficient (Wildman–Crippen LogP) is 7.21. The topological polar surface area (TPSA) is 68.0 Å². The van der Waals surface area contributed by atoms with Gasteiger partial charge < -0.3 is 4.52 Å². The quantitative estimate of drug-likeness (QED) is 0.264. The summed E-state index contributed by atoms with van der Waals surface area (Å²) < 4.78 is 6.52. The summed E-state index contributed by atoms with van der Waals surface area (Å²) in [7, 11) is 0. The molecule has 0 aliphatic carbocycles. The van der Waals surface area contributed by atoms with Crippen molar-refractivity contribution in [3.63, 3.8) is 0 Å². The molecule has 0 unspecified atom stereocenters. The van der Waals surface area contributed by atoms with Gasteiger partial charge in [-0.2, -0.15) is 0 Å². The van der Waals surface area contributed by atoms with E-state index in [9.17, 15) is 4.79 Å². The lowest BCUT2D eigenvalue weighted by molar-refractivity contribution is 0.102. The van der Waals surface area contributed by atoms with Gasteiger partial charge in [0, 0.05) is 38.1 Å². The zero-order valence-electron chi connectivity index (χ0n) is 16.5. The Bertz CT molecular complexity index is 1430. The van der Waals surface area contributed by atoms with E-state index in [-0.39, 0.29) is 5.91 Å². The third-order valence-corrected chi connectivity index (χ3v) is 6.75. The summed E-state index contributed by atoms with van der Waals surface area (Å²) in [5.74, 6) is 0.381. The number of nitrogens with one attached hydrogen (secondary N) is 1. The standard InChI is InChI=1S/C24H15BrClN3O2S/c25-17-8-5-14(6-9-17)22-19-12-16(7-10-21(19)29-31-22)23(30)28-24-27-13-18(32-24)11-15-3-1-2-4-20(15)26/h1-10,12-13H,11H2,(H,27,28,30). The Labute approximate surface area is 201 Å². The van der Waals surface area contributed by atoms with Crippen LogP contribution in [0.4, 0.5) is 5.13 Å². The average molecular weight is 525 g/mol. The second-order valence-electron chi connectivity index (χ2n) is 7.10. The molecule has 3 aromatic carbocycles. The zero-order valence-corrected chi connectivity index (χ0v) is 19.7. The van der Waals surface area contributed by atoms with E-state index in [1.54, 1.807) is 24.4 Å². The second kappa shape index (κ2) is 8.86. The van der Waals surface area contributed by atoms with E-state index in [0.717, 1.165) is 30.9 Å². The number of hydrogen-bond donors (Lipinski definition) is 1. The van der Waals surface area contributed by atoms with Gasteiger partial charge in [-0.15, -0.1) is 11.3 Å². The van der Waals surface area contributed by atoms with Crippen molar-refractivity contribution in [1.82, 2.24) is 10.1 Å². The van der Waals surface area contributed by atoms with E-state index >= 15 is 0 Å². The van der Waals surface area contributed by atoms with Crippen LogP contribution in [0.15, 0.2) is 81.9 Å². The number of rotatable bonds is 5. The number of hydrogen-bond acceptors (Lipinski definition) is 5. The number of fused-ring (bicyclic) bond motifs is 1. The molecule has 5 nitrogen and oxygen atoms in total. The van der Waals surface area contributed by atoms with E-state index < -0.39 is 0 Å². The predicted molar refractivity (Wildman–Crippen MR) is 131 cm³/mol. The van der Waals surface area contributed by atoms with Gasteiger partial charge in [-0.05, 0) is 54.1 Å². The van der Waals surface area contributed by atoms with E-state index in [2.05, 4.69) is 31.4 Å². The van der Waals surface area contributed by atoms with Crippen LogP contribution in [0.2, 0.25) is 5.02 Å². The van der Waals surface area contributed by atoms with Crippen molar-refractivity contribution < 1.29 is 9.32 Å². The molecule has 0 aliphatic rings. The molecule has 0 spiro atoms. The van der Waals surface area contributed by atoms with Crippen LogP contribution in [-0.4, -0.2) is 16.0 Å². The number of thiazole rings is 1. The summed E-state index contributed by atoms with van der Waals surface area (Å²) in [6.45, 7) is 0. The van der Waals surface area contributed by atoms with Gasteiger partial charge in [-0.1, -0.05) is 50.9 Å². The molecule has 2 heterocycles. The number of nitrogens with zero attached hydrogens (tertiary/aromatic N) is 2.